The number of piperazine rings is 1. The lowest BCUT2D eigenvalue weighted by atomic mass is 9.83. The molecule has 2 heterocycles. The first-order chi connectivity index (χ1) is 23.6. The predicted molar refractivity (Wildman–Crippen MR) is 188 cm³/mol. The molecule has 2 atom stereocenters. The van der Waals surface area contributed by atoms with Gasteiger partial charge in [0.15, 0.2) is 0 Å². The van der Waals surface area contributed by atoms with E-state index in [4.69, 9.17) is 19.3 Å². The van der Waals surface area contributed by atoms with Crippen LogP contribution in [-0.2, 0) is 30.9 Å². The first-order valence-corrected chi connectivity index (χ1v) is 16.9. The molecule has 50 heavy (non-hydrogen) atoms. The summed E-state index contributed by atoms with van der Waals surface area (Å²) in [5, 5.41) is 18.0. The number of aryl methyl sites for hydroxylation is 1. The van der Waals surface area contributed by atoms with Crippen molar-refractivity contribution in [1.82, 2.24) is 30.3 Å². The molecule has 0 radical (unpaired) electrons. The summed E-state index contributed by atoms with van der Waals surface area (Å²) in [5.41, 5.74) is 1.10. The third kappa shape index (κ3) is 10.1. The zero-order valence-corrected chi connectivity index (χ0v) is 30.1. The average molecular weight is 723 g/mol. The van der Waals surface area contributed by atoms with Gasteiger partial charge in [0.25, 0.3) is 11.8 Å². The van der Waals surface area contributed by atoms with Gasteiger partial charge in [-0.15, -0.1) is 12.4 Å². The lowest BCUT2D eigenvalue weighted by Gasteiger charge is -2.39. The summed E-state index contributed by atoms with van der Waals surface area (Å²) < 4.78 is 17.5. The second kappa shape index (κ2) is 19.5. The molecular formula is C34H51ClN6O9. The van der Waals surface area contributed by atoms with Crippen LogP contribution in [0.1, 0.15) is 59.9 Å². The fourth-order valence-corrected chi connectivity index (χ4v) is 6.46. The van der Waals surface area contributed by atoms with Gasteiger partial charge in [-0.3, -0.25) is 19.2 Å². The van der Waals surface area contributed by atoms with E-state index >= 15 is 0 Å². The van der Waals surface area contributed by atoms with E-state index in [-0.39, 0.29) is 86.8 Å². The van der Waals surface area contributed by atoms with Crippen molar-refractivity contribution in [2.24, 2.45) is 13.0 Å². The van der Waals surface area contributed by atoms with Crippen LogP contribution < -0.4 is 20.7 Å². The third-order valence-electron chi connectivity index (χ3n) is 9.36. The van der Waals surface area contributed by atoms with E-state index in [1.165, 1.54) is 0 Å². The number of likely N-dealkylation sites (N-methyl/N-ethyl adjacent to an activating group) is 1. The summed E-state index contributed by atoms with van der Waals surface area (Å²) in [6, 6.07) is 4.21. The summed E-state index contributed by atoms with van der Waals surface area (Å²) in [5.74, 6) is -1.53. The summed E-state index contributed by atoms with van der Waals surface area (Å²) in [4.78, 5) is 68.4. The van der Waals surface area contributed by atoms with Crippen molar-refractivity contribution >= 4 is 52.9 Å². The van der Waals surface area contributed by atoms with Gasteiger partial charge in [0.2, 0.25) is 11.8 Å². The molecule has 1 saturated carbocycles. The molecule has 1 aromatic carbocycles. The zero-order valence-electron chi connectivity index (χ0n) is 29.3. The first-order valence-electron chi connectivity index (χ1n) is 16.9. The quantitative estimate of drug-likeness (QED) is 0.185. The van der Waals surface area contributed by atoms with Crippen LogP contribution in [0, 0.1) is 5.92 Å². The van der Waals surface area contributed by atoms with E-state index in [0.29, 0.717) is 29.7 Å². The Labute approximate surface area is 298 Å². The minimum absolute atomic E-state index is 0. The number of hydrogen-bond donors (Lipinski definition) is 4. The number of halogens is 1. The highest BCUT2D eigenvalue weighted by atomic mass is 35.5. The van der Waals surface area contributed by atoms with Crippen molar-refractivity contribution < 1.29 is 43.3 Å². The molecule has 0 spiro atoms. The number of benzene rings is 1. The van der Waals surface area contributed by atoms with E-state index < -0.39 is 30.6 Å². The number of carbonyl (C=O) groups excluding carboxylic acids is 4. The number of nitrogens with zero attached hydrogens (tertiary/aromatic N) is 3. The molecule has 278 valence electrons. The third-order valence-corrected chi connectivity index (χ3v) is 9.36. The predicted octanol–water partition coefficient (Wildman–Crippen LogP) is 1.41. The molecular weight excluding hydrogens is 672 g/mol. The van der Waals surface area contributed by atoms with Crippen LogP contribution in [0.5, 0.6) is 5.75 Å². The summed E-state index contributed by atoms with van der Waals surface area (Å²) in [6.45, 7) is 3.09. The van der Waals surface area contributed by atoms with Gasteiger partial charge in [0, 0.05) is 51.2 Å². The van der Waals surface area contributed by atoms with Gasteiger partial charge >= 0.3 is 5.97 Å². The maximum atomic E-state index is 14.2. The van der Waals surface area contributed by atoms with Gasteiger partial charge in [-0.2, -0.15) is 0 Å². The summed E-state index contributed by atoms with van der Waals surface area (Å²) in [6.07, 6.45) is 4.94. The Morgan fingerprint density at radius 3 is 2.26 bits per heavy atom. The number of amides is 4. The van der Waals surface area contributed by atoms with Crippen molar-refractivity contribution in [1.29, 1.82) is 0 Å². The standard InChI is InChI=1S/C34H50N6O9.ClH/c1-22(35-2)31(43)37-29(23-8-6-5-7-9-23)33(45)39-13-15-40(16-14-39)34(46)30-28(25-11-10-24(47-4)20-26(25)38(30)3)32(44)36-12-17-48-18-19-49-21-27(41)42;/h10-11,20,22-23,29,35H,5-9,12-19,21H2,1-4H3,(H,36,44)(H,37,43)(H,41,42);1H. The smallest absolute Gasteiger partial charge is 0.329 e. The second-order valence-electron chi connectivity index (χ2n) is 12.5. The number of methoxy groups -OCH3 is 1. The number of carbonyl (C=O) groups is 5. The topological polar surface area (TPSA) is 181 Å². The number of nitrogens with one attached hydrogen (secondary N) is 3. The first kappa shape index (κ1) is 40.5. The lowest BCUT2D eigenvalue weighted by Crippen LogP contribution is -2.59. The Kier molecular flexibility index (Phi) is 15.8. The molecule has 2 unspecified atom stereocenters. The number of rotatable bonds is 16. The number of aliphatic carboxylic acids is 1. The van der Waals surface area contributed by atoms with Crippen LogP contribution in [0.15, 0.2) is 18.2 Å². The van der Waals surface area contributed by atoms with Gasteiger partial charge in [0.1, 0.15) is 24.1 Å². The Bertz CT molecular complexity index is 1490. The monoisotopic (exact) mass is 722 g/mol. The van der Waals surface area contributed by atoms with Gasteiger partial charge in [-0.05, 0) is 44.9 Å². The van der Waals surface area contributed by atoms with E-state index in [1.54, 1.807) is 60.7 Å². The molecule has 0 bridgehead atoms. The molecule has 2 fully saturated rings. The molecule has 2 aromatic rings. The van der Waals surface area contributed by atoms with Crippen LogP contribution >= 0.6 is 12.4 Å². The van der Waals surface area contributed by atoms with E-state index in [9.17, 15) is 24.0 Å². The van der Waals surface area contributed by atoms with Crippen LogP contribution in [0.3, 0.4) is 0 Å². The number of hydrogen-bond acceptors (Lipinski definition) is 9. The molecule has 15 nitrogen and oxygen atoms in total. The molecule has 4 rings (SSSR count). The fraction of sp³-hybridized carbons (Fsp3) is 0.618. The minimum atomic E-state index is -1.07. The van der Waals surface area contributed by atoms with E-state index in [0.717, 1.165) is 32.1 Å². The molecule has 1 saturated heterocycles. The molecule has 1 aliphatic heterocycles. The van der Waals surface area contributed by atoms with Gasteiger partial charge < -0.3 is 49.6 Å². The fourth-order valence-electron chi connectivity index (χ4n) is 6.46. The van der Waals surface area contributed by atoms with Crippen molar-refractivity contribution in [2.45, 2.75) is 51.1 Å². The van der Waals surface area contributed by atoms with Gasteiger partial charge in [-0.25, -0.2) is 4.79 Å². The van der Waals surface area contributed by atoms with Crippen LogP contribution in [0.4, 0.5) is 0 Å². The lowest BCUT2D eigenvalue weighted by molar-refractivity contribution is -0.142. The summed E-state index contributed by atoms with van der Waals surface area (Å²) >= 11 is 0. The molecule has 4 amide bonds. The van der Waals surface area contributed by atoms with Crippen molar-refractivity contribution in [3.8, 4) is 5.75 Å². The molecule has 1 aliphatic carbocycles. The Balaban J connectivity index is 0.00000676. The average Bonchev–Trinajstić information content (AvgIpc) is 3.41. The Morgan fingerprint density at radius 2 is 1.62 bits per heavy atom. The highest BCUT2D eigenvalue weighted by Crippen LogP contribution is 2.31. The summed E-state index contributed by atoms with van der Waals surface area (Å²) in [7, 11) is 4.98. The number of ether oxygens (including phenoxy) is 3. The highest BCUT2D eigenvalue weighted by Gasteiger charge is 2.37. The molecule has 1 aromatic heterocycles. The number of carboxylic acids is 1. The molecule has 16 heteroatoms. The van der Waals surface area contributed by atoms with Crippen molar-refractivity contribution in [2.75, 3.05) is 73.3 Å². The highest BCUT2D eigenvalue weighted by molar-refractivity contribution is 6.16. The van der Waals surface area contributed by atoms with Crippen LogP contribution in [-0.4, -0.2) is 134 Å². The van der Waals surface area contributed by atoms with E-state index in [2.05, 4.69) is 16.0 Å². The number of aromatic nitrogens is 1. The molecule has 4 N–H and O–H groups in total. The maximum Gasteiger partial charge on any atom is 0.329 e. The van der Waals surface area contributed by atoms with Gasteiger partial charge in [0.05, 0.1) is 44.1 Å². The number of fused-ring (bicyclic) bond motifs is 1. The minimum Gasteiger partial charge on any atom is -0.497 e. The zero-order chi connectivity index (χ0) is 35.5. The maximum absolute atomic E-state index is 14.2. The van der Waals surface area contributed by atoms with E-state index in [1.807, 2.05) is 0 Å². The SMILES string of the molecule is CNC(C)C(=O)NC(C(=O)N1CCN(C(=O)c2c(C(=O)NCCOCCOCC(=O)O)c3ccc(OC)cc3n2C)CC1)C1CCCCC1.Cl. The van der Waals surface area contributed by atoms with Crippen LogP contribution in [0.2, 0.25) is 0 Å². The van der Waals surface area contributed by atoms with Crippen LogP contribution in [0.25, 0.3) is 10.9 Å². The normalized spacial score (nSPS) is 16.3. The Morgan fingerprint density at radius 1 is 0.960 bits per heavy atom. The second-order valence-corrected chi connectivity index (χ2v) is 12.5. The number of carboxylic acid groups (broad SMARTS) is 1. The molecule has 2 aliphatic rings. The van der Waals surface area contributed by atoms with Crippen molar-refractivity contribution in [3.05, 3.63) is 29.5 Å². The van der Waals surface area contributed by atoms with Gasteiger partial charge in [-0.1, -0.05) is 19.3 Å². The van der Waals surface area contributed by atoms with Crippen molar-refractivity contribution in [3.63, 3.8) is 0 Å². The largest absolute Gasteiger partial charge is 0.497 e. The Hall–Kier alpha value is -3.92.